The van der Waals surface area contributed by atoms with E-state index in [2.05, 4.69) is 15.8 Å². The van der Waals surface area contributed by atoms with Crippen molar-refractivity contribution in [3.63, 3.8) is 0 Å². The molecule has 0 fully saturated rings. The highest BCUT2D eigenvalue weighted by molar-refractivity contribution is 5.91. The summed E-state index contributed by atoms with van der Waals surface area (Å²) in [6, 6.07) is 16.6. The number of rotatable bonds is 5. The average molecular weight is 297 g/mol. The van der Waals surface area contributed by atoms with Gasteiger partial charge in [0.2, 0.25) is 0 Å². The molecular formula is C17H19N3O2. The first-order valence-electron chi connectivity index (χ1n) is 6.96. The van der Waals surface area contributed by atoms with Crippen LogP contribution in [0, 0.1) is 0 Å². The van der Waals surface area contributed by atoms with E-state index in [4.69, 9.17) is 4.74 Å². The Morgan fingerprint density at radius 2 is 1.77 bits per heavy atom. The zero-order chi connectivity index (χ0) is 15.8. The third-order valence-corrected chi connectivity index (χ3v) is 3.02. The number of amides is 2. The van der Waals surface area contributed by atoms with Crippen molar-refractivity contribution in [1.29, 1.82) is 0 Å². The number of carbonyl (C=O) groups is 1. The number of urea groups is 1. The molecule has 0 atom stereocenters. The lowest BCUT2D eigenvalue weighted by atomic mass is 10.1. The third-order valence-electron chi connectivity index (χ3n) is 3.02. The van der Waals surface area contributed by atoms with Crippen LogP contribution >= 0.6 is 0 Å². The smallest absolute Gasteiger partial charge is 0.339 e. The second kappa shape index (κ2) is 7.83. The van der Waals surface area contributed by atoms with Gasteiger partial charge in [-0.05, 0) is 30.7 Å². The number of benzene rings is 2. The number of hydrazone groups is 1. The molecule has 0 bridgehead atoms. The number of nitrogens with one attached hydrogen (secondary N) is 2. The molecular weight excluding hydrogens is 278 g/mol. The topological polar surface area (TPSA) is 62.7 Å². The maximum Gasteiger partial charge on any atom is 0.339 e. The van der Waals surface area contributed by atoms with Crippen LogP contribution in [0.5, 0.6) is 5.75 Å². The zero-order valence-corrected chi connectivity index (χ0v) is 12.7. The number of ether oxygens (including phenoxy) is 1. The minimum absolute atomic E-state index is 0.370. The molecule has 0 saturated heterocycles. The number of anilines is 1. The van der Waals surface area contributed by atoms with Crippen molar-refractivity contribution in [1.82, 2.24) is 5.43 Å². The molecule has 0 unspecified atom stereocenters. The summed E-state index contributed by atoms with van der Waals surface area (Å²) in [6.45, 7) is 1.86. The van der Waals surface area contributed by atoms with E-state index >= 15 is 0 Å². The lowest BCUT2D eigenvalue weighted by molar-refractivity contribution is 0.252. The zero-order valence-electron chi connectivity index (χ0n) is 12.7. The predicted molar refractivity (Wildman–Crippen MR) is 88.4 cm³/mol. The second-order valence-electron chi connectivity index (χ2n) is 4.77. The number of para-hydroxylation sites is 2. The summed E-state index contributed by atoms with van der Waals surface area (Å²) in [5.74, 6) is 0.811. The summed E-state index contributed by atoms with van der Waals surface area (Å²) in [7, 11) is 1.64. The van der Waals surface area contributed by atoms with E-state index in [0.29, 0.717) is 6.42 Å². The van der Waals surface area contributed by atoms with Crippen LogP contribution in [-0.4, -0.2) is 18.9 Å². The van der Waals surface area contributed by atoms with Crippen LogP contribution in [0.1, 0.15) is 12.5 Å². The van der Waals surface area contributed by atoms with Gasteiger partial charge in [0.25, 0.3) is 0 Å². The monoisotopic (exact) mass is 297 g/mol. The lowest BCUT2D eigenvalue weighted by Crippen LogP contribution is -2.25. The van der Waals surface area contributed by atoms with Gasteiger partial charge in [0.05, 0.1) is 7.11 Å². The summed E-state index contributed by atoms with van der Waals surface area (Å²) >= 11 is 0. The van der Waals surface area contributed by atoms with Crippen LogP contribution in [0.3, 0.4) is 0 Å². The van der Waals surface area contributed by atoms with Gasteiger partial charge in [-0.2, -0.15) is 5.10 Å². The quantitative estimate of drug-likeness (QED) is 0.656. The molecule has 5 nitrogen and oxygen atoms in total. The van der Waals surface area contributed by atoms with Crippen molar-refractivity contribution in [2.45, 2.75) is 13.3 Å². The van der Waals surface area contributed by atoms with E-state index in [1.165, 1.54) is 0 Å². The van der Waals surface area contributed by atoms with Gasteiger partial charge < -0.3 is 10.1 Å². The Labute approximate surface area is 130 Å². The molecule has 0 aliphatic heterocycles. The van der Waals surface area contributed by atoms with Crippen LogP contribution in [0.15, 0.2) is 59.7 Å². The highest BCUT2D eigenvalue weighted by Gasteiger charge is 2.04. The van der Waals surface area contributed by atoms with E-state index in [1.54, 1.807) is 7.11 Å². The Morgan fingerprint density at radius 1 is 1.09 bits per heavy atom. The van der Waals surface area contributed by atoms with Crippen molar-refractivity contribution in [2.24, 2.45) is 5.10 Å². The Morgan fingerprint density at radius 3 is 2.50 bits per heavy atom. The molecule has 114 valence electrons. The highest BCUT2D eigenvalue weighted by Crippen LogP contribution is 2.17. The third kappa shape index (κ3) is 4.63. The molecule has 2 rings (SSSR count). The molecule has 2 N–H and O–H groups in total. The number of hydrogen-bond acceptors (Lipinski definition) is 3. The van der Waals surface area contributed by atoms with Crippen molar-refractivity contribution < 1.29 is 9.53 Å². The SMILES string of the molecule is COc1ccccc1C/C(C)=N\NC(=O)Nc1ccccc1. The van der Waals surface area contributed by atoms with Crippen molar-refractivity contribution >= 4 is 17.4 Å². The second-order valence-corrected chi connectivity index (χ2v) is 4.77. The van der Waals surface area contributed by atoms with Crippen LogP contribution in [0.2, 0.25) is 0 Å². The Bertz CT molecular complexity index is 654. The van der Waals surface area contributed by atoms with Gasteiger partial charge in [0.1, 0.15) is 5.75 Å². The number of methoxy groups -OCH3 is 1. The first-order valence-corrected chi connectivity index (χ1v) is 6.96. The molecule has 2 aromatic rings. The minimum atomic E-state index is -0.370. The van der Waals surface area contributed by atoms with Gasteiger partial charge >= 0.3 is 6.03 Å². The standard InChI is InChI=1S/C17H19N3O2/c1-13(12-14-8-6-7-11-16(14)22-2)19-20-17(21)18-15-9-4-3-5-10-15/h3-11H,12H2,1-2H3,(H2,18,20,21)/b19-13-. The number of nitrogens with zero attached hydrogens (tertiary/aromatic N) is 1. The van der Waals surface area contributed by atoms with Crippen LogP contribution < -0.4 is 15.5 Å². The van der Waals surface area contributed by atoms with Crippen LogP contribution in [-0.2, 0) is 6.42 Å². The van der Waals surface area contributed by atoms with Crippen LogP contribution in [0.4, 0.5) is 10.5 Å². The first kappa shape index (κ1) is 15.6. The molecule has 0 aliphatic carbocycles. The molecule has 2 amide bonds. The maximum atomic E-state index is 11.7. The highest BCUT2D eigenvalue weighted by atomic mass is 16.5. The Kier molecular flexibility index (Phi) is 5.54. The molecule has 0 aliphatic rings. The first-order chi connectivity index (χ1) is 10.7. The van der Waals surface area contributed by atoms with Gasteiger partial charge in [-0.1, -0.05) is 36.4 Å². The predicted octanol–water partition coefficient (Wildman–Crippen LogP) is 3.44. The van der Waals surface area contributed by atoms with Crippen molar-refractivity contribution in [2.75, 3.05) is 12.4 Å². The molecule has 2 aromatic carbocycles. The lowest BCUT2D eigenvalue weighted by Gasteiger charge is -2.08. The summed E-state index contributed by atoms with van der Waals surface area (Å²) in [6.07, 6.45) is 0.607. The van der Waals surface area contributed by atoms with Gasteiger partial charge in [-0.3, -0.25) is 0 Å². The fraction of sp³-hybridized carbons (Fsp3) is 0.176. The van der Waals surface area contributed by atoms with E-state index in [0.717, 1.165) is 22.7 Å². The van der Waals surface area contributed by atoms with E-state index in [1.807, 2.05) is 61.5 Å². The fourth-order valence-electron chi connectivity index (χ4n) is 1.99. The molecule has 0 heterocycles. The van der Waals surface area contributed by atoms with Gasteiger partial charge in [0.15, 0.2) is 0 Å². The minimum Gasteiger partial charge on any atom is -0.496 e. The molecule has 0 aromatic heterocycles. The molecule has 22 heavy (non-hydrogen) atoms. The van der Waals surface area contributed by atoms with Crippen molar-refractivity contribution in [3.05, 3.63) is 60.2 Å². The fourth-order valence-corrected chi connectivity index (χ4v) is 1.99. The van der Waals surface area contributed by atoms with Crippen LogP contribution in [0.25, 0.3) is 0 Å². The van der Waals surface area contributed by atoms with Gasteiger partial charge in [-0.25, -0.2) is 10.2 Å². The average Bonchev–Trinajstić information content (AvgIpc) is 2.54. The Hall–Kier alpha value is -2.82. The van der Waals surface area contributed by atoms with E-state index in [-0.39, 0.29) is 6.03 Å². The number of carbonyl (C=O) groups excluding carboxylic acids is 1. The summed E-state index contributed by atoms with van der Waals surface area (Å²) in [5.41, 5.74) is 5.02. The molecule has 0 saturated carbocycles. The molecule has 0 radical (unpaired) electrons. The normalized spacial score (nSPS) is 10.9. The molecule has 0 spiro atoms. The number of hydrogen-bond donors (Lipinski definition) is 2. The summed E-state index contributed by atoms with van der Waals surface area (Å²) < 4.78 is 5.30. The van der Waals surface area contributed by atoms with Gasteiger partial charge in [-0.15, -0.1) is 0 Å². The van der Waals surface area contributed by atoms with Gasteiger partial charge in [0, 0.05) is 17.8 Å². The summed E-state index contributed by atoms with van der Waals surface area (Å²) in [4.78, 5) is 11.7. The van der Waals surface area contributed by atoms with E-state index < -0.39 is 0 Å². The van der Waals surface area contributed by atoms with E-state index in [9.17, 15) is 4.79 Å². The van der Waals surface area contributed by atoms with Crippen molar-refractivity contribution in [3.8, 4) is 5.75 Å². The largest absolute Gasteiger partial charge is 0.496 e. The maximum absolute atomic E-state index is 11.7. The molecule has 5 heteroatoms. The summed E-state index contributed by atoms with van der Waals surface area (Å²) in [5, 5.41) is 6.79. The Balaban J connectivity index is 1.91.